The van der Waals surface area contributed by atoms with Crippen LogP contribution in [0.4, 0.5) is 0 Å². The molecule has 2 aliphatic heterocycles. The van der Waals surface area contributed by atoms with Gasteiger partial charge in [0.05, 0.1) is 12.2 Å². The zero-order chi connectivity index (χ0) is 15.6. The molecule has 0 aliphatic carbocycles. The maximum atomic E-state index is 12.9. The number of rotatable bonds is 5. The van der Waals surface area contributed by atoms with Gasteiger partial charge in [0.2, 0.25) is 5.91 Å². The average Bonchev–Trinajstić information content (AvgIpc) is 2.78. The molecule has 5 atom stereocenters. The summed E-state index contributed by atoms with van der Waals surface area (Å²) in [7, 11) is 2.19. The second kappa shape index (κ2) is 7.10. The maximum Gasteiger partial charge on any atom is 0.241 e. The smallest absolute Gasteiger partial charge is 0.241 e. The Labute approximate surface area is 130 Å². The zero-order valence-electron chi connectivity index (χ0n) is 14.4. The van der Waals surface area contributed by atoms with Crippen molar-refractivity contribution in [3.8, 4) is 0 Å². The number of piperidine rings is 1. The van der Waals surface area contributed by atoms with Crippen molar-refractivity contribution in [3.63, 3.8) is 0 Å². The molecule has 5 unspecified atom stereocenters. The van der Waals surface area contributed by atoms with E-state index in [9.17, 15) is 4.79 Å². The van der Waals surface area contributed by atoms with Crippen LogP contribution < -0.4 is 5.32 Å². The Morgan fingerprint density at radius 2 is 2.10 bits per heavy atom. The van der Waals surface area contributed by atoms with Crippen LogP contribution in [-0.2, 0) is 4.79 Å². The van der Waals surface area contributed by atoms with Crippen molar-refractivity contribution in [3.05, 3.63) is 0 Å². The van der Waals surface area contributed by atoms with E-state index in [1.807, 2.05) is 0 Å². The number of carbonyl (C=O) groups is 1. The van der Waals surface area contributed by atoms with Crippen LogP contribution in [0.3, 0.4) is 0 Å². The summed E-state index contributed by atoms with van der Waals surface area (Å²) in [6.07, 6.45) is 5.72. The average molecular weight is 295 g/mol. The van der Waals surface area contributed by atoms with E-state index in [2.05, 4.69) is 49.9 Å². The number of amides is 1. The number of carbonyl (C=O) groups excluding carboxylic acids is 1. The Bertz CT molecular complexity index is 360. The van der Waals surface area contributed by atoms with Gasteiger partial charge in [-0.15, -0.1) is 0 Å². The van der Waals surface area contributed by atoms with Crippen LogP contribution in [-0.4, -0.2) is 53.6 Å². The van der Waals surface area contributed by atoms with E-state index >= 15 is 0 Å². The molecule has 0 radical (unpaired) electrons. The molecule has 21 heavy (non-hydrogen) atoms. The van der Waals surface area contributed by atoms with Gasteiger partial charge >= 0.3 is 0 Å². The fraction of sp³-hybridized carbons (Fsp3) is 0.941. The van der Waals surface area contributed by atoms with Crippen molar-refractivity contribution in [2.24, 2.45) is 5.92 Å². The molecular weight excluding hydrogens is 262 g/mol. The van der Waals surface area contributed by atoms with Gasteiger partial charge < -0.3 is 9.80 Å². The minimum atomic E-state index is 0.0292. The van der Waals surface area contributed by atoms with Gasteiger partial charge in [-0.25, -0.2) is 0 Å². The third-order valence-corrected chi connectivity index (χ3v) is 5.58. The van der Waals surface area contributed by atoms with Crippen LogP contribution in [0.25, 0.3) is 0 Å². The first-order valence-corrected chi connectivity index (χ1v) is 8.78. The topological polar surface area (TPSA) is 35.6 Å². The van der Waals surface area contributed by atoms with Crippen LogP contribution in [0, 0.1) is 5.92 Å². The summed E-state index contributed by atoms with van der Waals surface area (Å²) in [4.78, 5) is 17.5. The predicted octanol–water partition coefficient (Wildman–Crippen LogP) is 2.44. The van der Waals surface area contributed by atoms with Gasteiger partial charge in [0, 0.05) is 18.6 Å². The lowest BCUT2D eigenvalue weighted by Crippen LogP contribution is -2.51. The van der Waals surface area contributed by atoms with E-state index in [1.54, 1.807) is 0 Å². The molecule has 122 valence electrons. The highest BCUT2D eigenvalue weighted by atomic mass is 16.2. The summed E-state index contributed by atoms with van der Waals surface area (Å²) >= 11 is 0. The molecule has 0 aromatic heterocycles. The molecule has 2 aliphatic rings. The fourth-order valence-electron chi connectivity index (χ4n) is 3.76. The fourth-order valence-corrected chi connectivity index (χ4v) is 3.76. The second-order valence-corrected chi connectivity index (χ2v) is 7.09. The number of nitrogens with one attached hydrogen (secondary N) is 1. The van der Waals surface area contributed by atoms with E-state index in [1.165, 1.54) is 0 Å². The summed E-state index contributed by atoms with van der Waals surface area (Å²) in [5.74, 6) is 0.773. The van der Waals surface area contributed by atoms with Gasteiger partial charge in [0.15, 0.2) is 0 Å². The molecule has 1 amide bonds. The Morgan fingerprint density at radius 1 is 1.38 bits per heavy atom. The molecule has 4 nitrogen and oxygen atoms in total. The molecule has 4 heteroatoms. The van der Waals surface area contributed by atoms with Crippen molar-refractivity contribution < 1.29 is 4.79 Å². The van der Waals surface area contributed by atoms with Crippen LogP contribution in [0.15, 0.2) is 0 Å². The van der Waals surface area contributed by atoms with Gasteiger partial charge in [-0.3, -0.25) is 10.1 Å². The quantitative estimate of drug-likeness (QED) is 0.846. The number of nitrogens with zero attached hydrogens (tertiary/aromatic N) is 2. The molecule has 0 aromatic rings. The number of hydrogen-bond acceptors (Lipinski definition) is 3. The standard InChI is InChI=1S/C17H33N3O/c1-6-8-15-18-16(12(3)7-2)17(21)20(15)14-9-10-19(5)13(4)11-14/h12-16,18H,6-11H2,1-5H3. The van der Waals surface area contributed by atoms with Crippen LogP contribution in [0.1, 0.15) is 59.8 Å². The van der Waals surface area contributed by atoms with Crippen LogP contribution in [0.5, 0.6) is 0 Å². The highest BCUT2D eigenvalue weighted by molar-refractivity contribution is 5.85. The summed E-state index contributed by atoms with van der Waals surface area (Å²) in [6.45, 7) is 9.95. The maximum absolute atomic E-state index is 12.9. The zero-order valence-corrected chi connectivity index (χ0v) is 14.4. The largest absolute Gasteiger partial charge is 0.323 e. The van der Waals surface area contributed by atoms with E-state index < -0.39 is 0 Å². The summed E-state index contributed by atoms with van der Waals surface area (Å²) in [5, 5.41) is 3.63. The second-order valence-electron chi connectivity index (χ2n) is 7.09. The van der Waals surface area contributed by atoms with Gasteiger partial charge in [0.1, 0.15) is 0 Å². The third-order valence-electron chi connectivity index (χ3n) is 5.58. The lowest BCUT2D eigenvalue weighted by Gasteiger charge is -2.41. The van der Waals surface area contributed by atoms with E-state index in [4.69, 9.17) is 0 Å². The lowest BCUT2D eigenvalue weighted by atomic mass is 9.95. The van der Waals surface area contributed by atoms with Crippen LogP contribution >= 0.6 is 0 Å². The molecule has 0 saturated carbocycles. The molecule has 1 N–H and O–H groups in total. The highest BCUT2D eigenvalue weighted by Gasteiger charge is 2.44. The molecule has 2 fully saturated rings. The number of likely N-dealkylation sites (tertiary alicyclic amines) is 1. The van der Waals surface area contributed by atoms with Crippen molar-refractivity contribution >= 4 is 5.91 Å². The first-order chi connectivity index (χ1) is 9.99. The first-order valence-electron chi connectivity index (χ1n) is 8.78. The van der Waals surface area contributed by atoms with Crippen molar-refractivity contribution in [2.75, 3.05) is 13.6 Å². The van der Waals surface area contributed by atoms with Crippen LogP contribution in [0.2, 0.25) is 0 Å². The SMILES string of the molecule is CCCC1NC(C(C)CC)C(=O)N1C1CCN(C)C(C)C1. The van der Waals surface area contributed by atoms with E-state index in [0.29, 0.717) is 23.9 Å². The van der Waals surface area contributed by atoms with Crippen molar-refractivity contribution in [2.45, 2.75) is 84.1 Å². The minimum Gasteiger partial charge on any atom is -0.323 e. The Kier molecular flexibility index (Phi) is 5.67. The lowest BCUT2D eigenvalue weighted by molar-refractivity contribution is -0.134. The Balaban J connectivity index is 2.12. The van der Waals surface area contributed by atoms with Gasteiger partial charge in [-0.05, 0) is 39.2 Å². The predicted molar refractivity (Wildman–Crippen MR) is 87.0 cm³/mol. The van der Waals surface area contributed by atoms with Gasteiger partial charge in [-0.1, -0.05) is 33.6 Å². The third kappa shape index (κ3) is 3.42. The number of hydrogen-bond donors (Lipinski definition) is 1. The Hall–Kier alpha value is -0.610. The molecule has 2 rings (SSSR count). The molecule has 0 aromatic carbocycles. The summed E-state index contributed by atoms with van der Waals surface area (Å²) < 4.78 is 0. The first kappa shape index (κ1) is 16.8. The van der Waals surface area contributed by atoms with E-state index in [0.717, 1.165) is 38.6 Å². The van der Waals surface area contributed by atoms with Gasteiger partial charge in [0.25, 0.3) is 0 Å². The summed E-state index contributed by atoms with van der Waals surface area (Å²) in [6, 6.07) is 1.02. The molecule has 0 bridgehead atoms. The van der Waals surface area contributed by atoms with Crippen molar-refractivity contribution in [1.82, 2.24) is 15.1 Å². The van der Waals surface area contributed by atoms with E-state index in [-0.39, 0.29) is 12.2 Å². The molecule has 2 heterocycles. The minimum absolute atomic E-state index is 0.0292. The normalized spacial score (nSPS) is 36.2. The Morgan fingerprint density at radius 3 is 2.67 bits per heavy atom. The highest BCUT2D eigenvalue weighted by Crippen LogP contribution is 2.29. The molecule has 0 spiro atoms. The summed E-state index contributed by atoms with van der Waals surface area (Å²) in [5.41, 5.74) is 0. The monoisotopic (exact) mass is 295 g/mol. The van der Waals surface area contributed by atoms with Gasteiger partial charge in [-0.2, -0.15) is 0 Å². The molecule has 2 saturated heterocycles. The van der Waals surface area contributed by atoms with Crippen molar-refractivity contribution in [1.29, 1.82) is 0 Å². The molecular formula is C17H33N3O.